The molecule has 12 heavy (non-hydrogen) atoms. The first-order chi connectivity index (χ1) is 5.57. The van der Waals surface area contributed by atoms with Gasteiger partial charge in [0.2, 0.25) is 0 Å². The first kappa shape index (κ1) is 10.1. The molecule has 1 aromatic carbocycles. The van der Waals surface area contributed by atoms with Crippen LogP contribution in [0.2, 0.25) is 0 Å². The smallest absolute Gasteiger partial charge is 0.136 e. The van der Waals surface area contributed by atoms with Crippen LogP contribution in [0.3, 0.4) is 0 Å². The van der Waals surface area contributed by atoms with E-state index < -0.39 is 0 Å². The van der Waals surface area contributed by atoms with Crippen LogP contribution in [0.4, 0.5) is 0 Å². The van der Waals surface area contributed by atoms with Crippen LogP contribution < -0.4 is 4.74 Å². The lowest BCUT2D eigenvalue weighted by atomic mass is 10.1. The fraction of sp³-hybridized carbons (Fsp3) is 0.333. The van der Waals surface area contributed by atoms with Gasteiger partial charge < -0.3 is 4.74 Å². The highest BCUT2D eigenvalue weighted by Crippen LogP contribution is 2.35. The topological polar surface area (TPSA) is 9.23 Å². The average molecular weight is 294 g/mol. The average Bonchev–Trinajstić information content (AvgIpc) is 2.01. The molecule has 1 rings (SSSR count). The molecule has 0 fully saturated rings. The fourth-order valence-electron chi connectivity index (χ4n) is 1.06. The van der Waals surface area contributed by atoms with Gasteiger partial charge in [-0.15, -0.1) is 0 Å². The number of methoxy groups -OCH3 is 1. The van der Waals surface area contributed by atoms with E-state index in [0.717, 1.165) is 25.8 Å². The SMILES string of the molecule is COc1c(C)cc(Br)c(C)c1Br. The molecule has 0 heterocycles. The zero-order valence-corrected chi connectivity index (χ0v) is 10.4. The van der Waals surface area contributed by atoms with E-state index in [1.807, 2.05) is 13.8 Å². The normalized spacial score (nSPS) is 10.1. The van der Waals surface area contributed by atoms with E-state index in [-0.39, 0.29) is 0 Å². The van der Waals surface area contributed by atoms with Crippen molar-refractivity contribution in [2.45, 2.75) is 13.8 Å². The van der Waals surface area contributed by atoms with E-state index in [1.165, 1.54) is 0 Å². The molecule has 1 aromatic rings. The number of benzene rings is 1. The Morgan fingerprint density at radius 3 is 2.33 bits per heavy atom. The molecule has 0 bridgehead atoms. The molecule has 1 nitrogen and oxygen atoms in total. The van der Waals surface area contributed by atoms with Crippen LogP contribution in [0.15, 0.2) is 15.0 Å². The maximum atomic E-state index is 5.24. The Morgan fingerprint density at radius 2 is 1.83 bits per heavy atom. The third kappa shape index (κ3) is 1.67. The van der Waals surface area contributed by atoms with Gasteiger partial charge in [-0.25, -0.2) is 0 Å². The van der Waals surface area contributed by atoms with Gasteiger partial charge in [0, 0.05) is 4.47 Å². The summed E-state index contributed by atoms with van der Waals surface area (Å²) in [6.45, 7) is 4.06. The van der Waals surface area contributed by atoms with Gasteiger partial charge in [0.1, 0.15) is 5.75 Å². The van der Waals surface area contributed by atoms with Crippen LogP contribution in [0, 0.1) is 13.8 Å². The largest absolute Gasteiger partial charge is 0.495 e. The molecule has 0 atom stereocenters. The summed E-state index contributed by atoms with van der Waals surface area (Å²) in [5, 5.41) is 0. The predicted octanol–water partition coefficient (Wildman–Crippen LogP) is 3.84. The number of ether oxygens (including phenoxy) is 1. The van der Waals surface area contributed by atoms with Crippen molar-refractivity contribution >= 4 is 31.9 Å². The molecule has 0 saturated heterocycles. The highest BCUT2D eigenvalue weighted by Gasteiger charge is 2.09. The third-order valence-corrected chi connectivity index (χ3v) is 3.57. The van der Waals surface area contributed by atoms with Crippen molar-refractivity contribution in [3.63, 3.8) is 0 Å². The molecule has 0 aromatic heterocycles. The third-order valence-electron chi connectivity index (χ3n) is 1.79. The van der Waals surface area contributed by atoms with E-state index >= 15 is 0 Å². The first-order valence-corrected chi connectivity index (χ1v) is 5.15. The van der Waals surface area contributed by atoms with Gasteiger partial charge in [-0.3, -0.25) is 0 Å². The summed E-state index contributed by atoms with van der Waals surface area (Å²) in [5.41, 5.74) is 2.29. The van der Waals surface area contributed by atoms with Crippen LogP contribution in [-0.2, 0) is 0 Å². The lowest BCUT2D eigenvalue weighted by Crippen LogP contribution is -1.91. The van der Waals surface area contributed by atoms with E-state index in [2.05, 4.69) is 37.9 Å². The van der Waals surface area contributed by atoms with Crippen LogP contribution in [0.5, 0.6) is 5.75 Å². The van der Waals surface area contributed by atoms with E-state index in [4.69, 9.17) is 4.74 Å². The van der Waals surface area contributed by atoms with Gasteiger partial charge >= 0.3 is 0 Å². The quantitative estimate of drug-likeness (QED) is 0.764. The van der Waals surface area contributed by atoms with Crippen LogP contribution in [0.25, 0.3) is 0 Å². The number of rotatable bonds is 1. The molecule has 66 valence electrons. The minimum Gasteiger partial charge on any atom is -0.495 e. The van der Waals surface area contributed by atoms with Crippen molar-refractivity contribution < 1.29 is 4.74 Å². The molecule has 0 amide bonds. The Balaban J connectivity index is 3.40. The minimum atomic E-state index is 0.913. The Labute approximate surface area is 89.4 Å². The zero-order valence-electron chi connectivity index (χ0n) is 7.24. The number of hydrogen-bond acceptors (Lipinski definition) is 1. The van der Waals surface area contributed by atoms with Gasteiger partial charge in [-0.2, -0.15) is 0 Å². The first-order valence-electron chi connectivity index (χ1n) is 3.57. The summed E-state index contributed by atoms with van der Waals surface area (Å²) < 4.78 is 7.37. The summed E-state index contributed by atoms with van der Waals surface area (Å²) >= 11 is 6.96. The van der Waals surface area contributed by atoms with Crippen LogP contribution >= 0.6 is 31.9 Å². The summed E-state index contributed by atoms with van der Waals surface area (Å²) in [4.78, 5) is 0. The fourth-order valence-corrected chi connectivity index (χ4v) is 2.56. The molecule has 0 aliphatic rings. The molecule has 3 heteroatoms. The second-order valence-electron chi connectivity index (χ2n) is 2.65. The lowest BCUT2D eigenvalue weighted by Gasteiger charge is -2.10. The Kier molecular flexibility index (Phi) is 3.18. The molecular weight excluding hydrogens is 284 g/mol. The van der Waals surface area contributed by atoms with Gasteiger partial charge in [-0.05, 0) is 47.0 Å². The Hall–Kier alpha value is -0.0200. The summed E-state index contributed by atoms with van der Waals surface area (Å²) in [6.07, 6.45) is 0. The molecule has 0 aliphatic heterocycles. The molecule has 0 saturated carbocycles. The van der Waals surface area contributed by atoms with Crippen LogP contribution in [-0.4, -0.2) is 7.11 Å². The van der Waals surface area contributed by atoms with Crippen molar-refractivity contribution in [3.05, 3.63) is 26.1 Å². The number of hydrogen-bond donors (Lipinski definition) is 0. The molecule has 0 unspecified atom stereocenters. The van der Waals surface area contributed by atoms with Crippen molar-refractivity contribution in [1.82, 2.24) is 0 Å². The predicted molar refractivity (Wildman–Crippen MR) is 57.9 cm³/mol. The zero-order chi connectivity index (χ0) is 9.30. The molecule has 0 spiro atoms. The van der Waals surface area contributed by atoms with Crippen molar-refractivity contribution in [1.29, 1.82) is 0 Å². The second kappa shape index (κ2) is 3.79. The molecule has 0 aliphatic carbocycles. The van der Waals surface area contributed by atoms with E-state index in [9.17, 15) is 0 Å². The summed E-state index contributed by atoms with van der Waals surface area (Å²) in [6, 6.07) is 2.05. The van der Waals surface area contributed by atoms with Gasteiger partial charge in [0.25, 0.3) is 0 Å². The standard InChI is InChI=1S/C9H10Br2O/c1-5-4-7(10)6(2)8(11)9(5)12-3/h4H,1-3H3. The van der Waals surface area contributed by atoms with E-state index in [1.54, 1.807) is 7.11 Å². The monoisotopic (exact) mass is 292 g/mol. The van der Waals surface area contributed by atoms with Gasteiger partial charge in [0.15, 0.2) is 0 Å². The second-order valence-corrected chi connectivity index (χ2v) is 4.29. The van der Waals surface area contributed by atoms with Crippen molar-refractivity contribution in [3.8, 4) is 5.75 Å². The summed E-state index contributed by atoms with van der Waals surface area (Å²) in [5.74, 6) is 0.913. The molecular formula is C9H10Br2O. The number of aryl methyl sites for hydroxylation is 1. The minimum absolute atomic E-state index is 0.913. The van der Waals surface area contributed by atoms with Crippen molar-refractivity contribution in [2.24, 2.45) is 0 Å². The Bertz CT molecular complexity index is 308. The van der Waals surface area contributed by atoms with Crippen LogP contribution in [0.1, 0.15) is 11.1 Å². The maximum Gasteiger partial charge on any atom is 0.136 e. The molecule has 0 N–H and O–H groups in total. The van der Waals surface area contributed by atoms with Gasteiger partial charge in [0.05, 0.1) is 11.6 Å². The number of halogens is 2. The molecule has 0 radical (unpaired) electrons. The lowest BCUT2D eigenvalue weighted by molar-refractivity contribution is 0.408. The van der Waals surface area contributed by atoms with Gasteiger partial charge in [-0.1, -0.05) is 15.9 Å². The Morgan fingerprint density at radius 1 is 1.25 bits per heavy atom. The summed E-state index contributed by atoms with van der Waals surface area (Å²) in [7, 11) is 1.68. The highest BCUT2D eigenvalue weighted by molar-refractivity contribution is 9.11. The van der Waals surface area contributed by atoms with Crippen molar-refractivity contribution in [2.75, 3.05) is 7.11 Å². The maximum absolute atomic E-state index is 5.24. The highest BCUT2D eigenvalue weighted by atomic mass is 79.9. The van der Waals surface area contributed by atoms with E-state index in [0.29, 0.717) is 0 Å².